The number of H-pyrrole nitrogens is 1. The second-order valence-electron chi connectivity index (χ2n) is 6.23. The van der Waals surface area contributed by atoms with Crippen LogP contribution in [-0.4, -0.2) is 15.0 Å². The highest BCUT2D eigenvalue weighted by Crippen LogP contribution is 2.36. The van der Waals surface area contributed by atoms with Crippen LogP contribution in [0.3, 0.4) is 0 Å². The van der Waals surface area contributed by atoms with Gasteiger partial charge in [0.1, 0.15) is 4.83 Å². The number of aryl methyl sites for hydroxylation is 1. The van der Waals surface area contributed by atoms with E-state index in [9.17, 15) is 4.79 Å². The topological polar surface area (TPSA) is 58.6 Å². The maximum Gasteiger partial charge on any atom is 0.260 e. The zero-order chi connectivity index (χ0) is 16.7. The third-order valence-corrected chi connectivity index (χ3v) is 5.81. The number of hydrogen-bond donors (Lipinski definition) is 1. The van der Waals surface area contributed by atoms with Gasteiger partial charge in [-0.25, -0.2) is 4.98 Å². The standard InChI is InChI=1S/C18H16ClN3OS/c1-10-4-5-12-14(7-10)24-18-15(12)17(23)21-16(22-18)13(19)8-11-3-2-6-20-9-11/h2-3,6,8-10H,4-5,7H2,1H3,(H,21,22,23)/b13-8-/t10-/m0/s1. The van der Waals surface area contributed by atoms with Gasteiger partial charge in [0.25, 0.3) is 5.56 Å². The fourth-order valence-corrected chi connectivity index (χ4v) is 4.74. The average Bonchev–Trinajstić information content (AvgIpc) is 2.93. The Bertz CT molecular complexity index is 991. The average molecular weight is 358 g/mol. The molecule has 3 aromatic rings. The second-order valence-corrected chi connectivity index (χ2v) is 7.72. The van der Waals surface area contributed by atoms with E-state index >= 15 is 0 Å². The van der Waals surface area contributed by atoms with Crippen LogP contribution in [0.4, 0.5) is 0 Å². The number of halogens is 1. The van der Waals surface area contributed by atoms with Gasteiger partial charge in [-0.05, 0) is 48.4 Å². The van der Waals surface area contributed by atoms with Crippen molar-refractivity contribution < 1.29 is 0 Å². The van der Waals surface area contributed by atoms with Crippen LogP contribution >= 0.6 is 22.9 Å². The monoisotopic (exact) mass is 357 g/mol. The van der Waals surface area contributed by atoms with Crippen LogP contribution in [0.2, 0.25) is 0 Å². The maximum atomic E-state index is 12.6. The van der Waals surface area contributed by atoms with Crippen molar-refractivity contribution in [3.05, 3.63) is 56.7 Å². The van der Waals surface area contributed by atoms with E-state index in [-0.39, 0.29) is 5.56 Å². The first-order valence-corrected chi connectivity index (χ1v) is 9.13. The van der Waals surface area contributed by atoms with Crippen molar-refractivity contribution >= 4 is 44.3 Å². The van der Waals surface area contributed by atoms with E-state index in [1.165, 1.54) is 10.4 Å². The number of thiophene rings is 1. The van der Waals surface area contributed by atoms with Crippen LogP contribution in [0, 0.1) is 5.92 Å². The lowest BCUT2D eigenvalue weighted by atomic mass is 9.89. The number of aromatic nitrogens is 3. The molecule has 3 heterocycles. The van der Waals surface area contributed by atoms with Gasteiger partial charge < -0.3 is 4.98 Å². The molecule has 1 N–H and O–H groups in total. The van der Waals surface area contributed by atoms with Crippen LogP contribution in [0.15, 0.2) is 29.3 Å². The van der Waals surface area contributed by atoms with E-state index in [0.29, 0.717) is 16.8 Å². The molecule has 0 aromatic carbocycles. The zero-order valence-electron chi connectivity index (χ0n) is 13.2. The molecular formula is C18H16ClN3OS. The van der Waals surface area contributed by atoms with E-state index in [1.54, 1.807) is 29.8 Å². The number of hydrogen-bond acceptors (Lipinski definition) is 4. The third-order valence-electron chi connectivity index (χ3n) is 4.37. The van der Waals surface area contributed by atoms with Gasteiger partial charge in [0.15, 0.2) is 5.82 Å². The predicted molar refractivity (Wildman–Crippen MR) is 99.4 cm³/mol. The first kappa shape index (κ1) is 15.5. The summed E-state index contributed by atoms with van der Waals surface area (Å²) in [4.78, 5) is 26.2. The summed E-state index contributed by atoms with van der Waals surface area (Å²) in [5.74, 6) is 1.07. The summed E-state index contributed by atoms with van der Waals surface area (Å²) in [6.07, 6.45) is 8.29. The molecule has 6 heteroatoms. The highest BCUT2D eigenvalue weighted by atomic mass is 35.5. The molecule has 1 aliphatic carbocycles. The summed E-state index contributed by atoms with van der Waals surface area (Å²) >= 11 is 7.99. The Morgan fingerprint density at radius 2 is 2.38 bits per heavy atom. The molecule has 3 aromatic heterocycles. The molecule has 0 amide bonds. The van der Waals surface area contributed by atoms with Crippen LogP contribution in [-0.2, 0) is 12.8 Å². The molecule has 0 saturated carbocycles. The van der Waals surface area contributed by atoms with Crippen LogP contribution in [0.1, 0.15) is 35.2 Å². The number of nitrogens with one attached hydrogen (secondary N) is 1. The normalized spacial score (nSPS) is 17.9. The molecule has 1 aliphatic rings. The Morgan fingerprint density at radius 1 is 1.50 bits per heavy atom. The molecule has 1 atom stereocenters. The van der Waals surface area contributed by atoms with Gasteiger partial charge >= 0.3 is 0 Å². The highest BCUT2D eigenvalue weighted by Gasteiger charge is 2.23. The number of nitrogens with zero attached hydrogens (tertiary/aromatic N) is 2. The first-order chi connectivity index (χ1) is 11.6. The molecular weight excluding hydrogens is 342 g/mol. The fourth-order valence-electron chi connectivity index (χ4n) is 3.14. The zero-order valence-corrected chi connectivity index (χ0v) is 14.7. The lowest BCUT2D eigenvalue weighted by molar-refractivity contribution is 0.509. The number of fused-ring (bicyclic) bond motifs is 3. The van der Waals surface area contributed by atoms with Gasteiger partial charge in [0.2, 0.25) is 0 Å². The first-order valence-electron chi connectivity index (χ1n) is 7.94. The summed E-state index contributed by atoms with van der Waals surface area (Å²) in [6, 6.07) is 3.74. The summed E-state index contributed by atoms with van der Waals surface area (Å²) in [5.41, 5.74) is 1.95. The molecule has 122 valence electrons. The van der Waals surface area contributed by atoms with Gasteiger partial charge in [-0.1, -0.05) is 24.6 Å². The quantitative estimate of drug-likeness (QED) is 0.746. The fraction of sp³-hybridized carbons (Fsp3) is 0.278. The van der Waals surface area contributed by atoms with Gasteiger partial charge in [0.05, 0.1) is 10.4 Å². The van der Waals surface area contributed by atoms with E-state index in [0.717, 1.165) is 35.0 Å². The number of aromatic amines is 1. The van der Waals surface area contributed by atoms with Crippen molar-refractivity contribution in [2.45, 2.75) is 26.2 Å². The maximum absolute atomic E-state index is 12.6. The molecule has 4 nitrogen and oxygen atoms in total. The van der Waals surface area contributed by atoms with Gasteiger partial charge in [-0.3, -0.25) is 9.78 Å². The van der Waals surface area contributed by atoms with Gasteiger partial charge in [0, 0.05) is 17.3 Å². The predicted octanol–water partition coefficient (Wildman–Crippen LogP) is 4.24. The van der Waals surface area contributed by atoms with Crippen LogP contribution in [0.5, 0.6) is 0 Å². The SMILES string of the molecule is C[C@H]1CCc2c(sc3nc(/C(Cl)=C/c4cccnc4)[nH]c(=O)c23)C1. The molecule has 0 aliphatic heterocycles. The van der Waals surface area contributed by atoms with E-state index in [4.69, 9.17) is 11.6 Å². The van der Waals surface area contributed by atoms with Crippen LogP contribution < -0.4 is 5.56 Å². The van der Waals surface area contributed by atoms with E-state index < -0.39 is 0 Å². The van der Waals surface area contributed by atoms with Crippen LogP contribution in [0.25, 0.3) is 21.3 Å². The molecule has 0 spiro atoms. The molecule has 0 unspecified atom stereocenters. The number of rotatable bonds is 2. The minimum absolute atomic E-state index is 0.0974. The number of pyridine rings is 1. The summed E-state index contributed by atoms with van der Waals surface area (Å²) < 4.78 is 0. The van der Waals surface area contributed by atoms with Crippen molar-refractivity contribution in [1.82, 2.24) is 15.0 Å². The smallest absolute Gasteiger partial charge is 0.260 e. The molecule has 4 rings (SSSR count). The molecule has 0 radical (unpaired) electrons. The Hall–Kier alpha value is -1.98. The Kier molecular flexibility index (Phi) is 3.98. The molecule has 0 bridgehead atoms. The van der Waals surface area contributed by atoms with Gasteiger partial charge in [-0.2, -0.15) is 0 Å². The van der Waals surface area contributed by atoms with Crippen molar-refractivity contribution in [2.24, 2.45) is 5.92 Å². The molecule has 0 fully saturated rings. The third kappa shape index (κ3) is 2.78. The summed E-state index contributed by atoms with van der Waals surface area (Å²) in [5, 5.41) is 1.15. The summed E-state index contributed by atoms with van der Waals surface area (Å²) in [6.45, 7) is 2.25. The van der Waals surface area contributed by atoms with Crippen molar-refractivity contribution in [3.63, 3.8) is 0 Å². The van der Waals surface area contributed by atoms with Crippen molar-refractivity contribution in [3.8, 4) is 0 Å². The molecule has 0 saturated heterocycles. The second kappa shape index (κ2) is 6.15. The van der Waals surface area contributed by atoms with E-state index in [2.05, 4.69) is 21.9 Å². The van der Waals surface area contributed by atoms with Crippen molar-refractivity contribution in [1.29, 1.82) is 0 Å². The minimum atomic E-state index is -0.0974. The lowest BCUT2D eigenvalue weighted by Gasteiger charge is -2.17. The minimum Gasteiger partial charge on any atom is -0.305 e. The molecule has 24 heavy (non-hydrogen) atoms. The lowest BCUT2D eigenvalue weighted by Crippen LogP contribution is -2.14. The Labute approximate surface area is 148 Å². The van der Waals surface area contributed by atoms with E-state index in [1.807, 2.05) is 12.1 Å². The van der Waals surface area contributed by atoms with Gasteiger partial charge in [-0.15, -0.1) is 11.3 Å². The Morgan fingerprint density at radius 3 is 3.17 bits per heavy atom. The Balaban J connectivity index is 1.81. The largest absolute Gasteiger partial charge is 0.305 e. The van der Waals surface area contributed by atoms with Crippen molar-refractivity contribution in [2.75, 3.05) is 0 Å². The summed E-state index contributed by atoms with van der Waals surface area (Å²) in [7, 11) is 0. The highest BCUT2D eigenvalue weighted by molar-refractivity contribution is 7.18.